The Kier molecular flexibility index (Phi) is 2.53. The summed E-state index contributed by atoms with van der Waals surface area (Å²) in [6.07, 6.45) is 0. The molecule has 0 aliphatic heterocycles. The lowest BCUT2D eigenvalue weighted by molar-refractivity contribution is -0.900. The van der Waals surface area contributed by atoms with Crippen LogP contribution in [0.5, 0.6) is 0 Å². The maximum atomic E-state index is 2.26. The molecule has 66 valence electrons. The number of rotatable bonds is 2. The standard InChI is InChI=1S/C11H18N/c1-10(12(2,3)4)11-8-6-5-7-9-11/h5-10H,1-4H3/q+1/t10-/m1/s1. The van der Waals surface area contributed by atoms with Gasteiger partial charge < -0.3 is 4.48 Å². The van der Waals surface area contributed by atoms with Gasteiger partial charge in [-0.1, -0.05) is 30.3 Å². The number of hydrogen-bond acceptors (Lipinski definition) is 0. The van der Waals surface area contributed by atoms with Crippen LogP contribution in [-0.2, 0) is 0 Å². The largest absolute Gasteiger partial charge is 0.325 e. The van der Waals surface area contributed by atoms with Crippen molar-refractivity contribution in [3.05, 3.63) is 35.9 Å². The highest BCUT2D eigenvalue weighted by atomic mass is 15.3. The first-order chi connectivity index (χ1) is 5.52. The molecule has 1 aromatic carbocycles. The second-order valence-electron chi connectivity index (χ2n) is 4.20. The molecule has 1 heteroatoms. The topological polar surface area (TPSA) is 0 Å². The highest BCUT2D eigenvalue weighted by molar-refractivity contribution is 5.16. The molecule has 0 aromatic heterocycles. The number of nitrogens with zero attached hydrogens (tertiary/aromatic N) is 1. The quantitative estimate of drug-likeness (QED) is 0.589. The molecule has 0 heterocycles. The van der Waals surface area contributed by atoms with Crippen LogP contribution in [0.4, 0.5) is 0 Å². The molecule has 0 aliphatic rings. The molecule has 0 fully saturated rings. The predicted octanol–water partition coefficient (Wildman–Crippen LogP) is 2.45. The molecule has 0 unspecified atom stereocenters. The van der Waals surface area contributed by atoms with Gasteiger partial charge in [0.05, 0.1) is 21.1 Å². The molecule has 1 aromatic rings. The van der Waals surface area contributed by atoms with Gasteiger partial charge in [0.15, 0.2) is 0 Å². The van der Waals surface area contributed by atoms with E-state index in [0.717, 1.165) is 4.48 Å². The van der Waals surface area contributed by atoms with E-state index in [2.05, 4.69) is 58.4 Å². The average Bonchev–Trinajstić information content (AvgIpc) is 2.03. The van der Waals surface area contributed by atoms with Crippen molar-refractivity contribution in [2.45, 2.75) is 13.0 Å². The minimum Gasteiger partial charge on any atom is -0.325 e. The Balaban J connectivity index is 2.86. The molecular weight excluding hydrogens is 146 g/mol. The summed E-state index contributed by atoms with van der Waals surface area (Å²) in [5.41, 5.74) is 1.41. The van der Waals surface area contributed by atoms with Crippen molar-refractivity contribution in [3.63, 3.8) is 0 Å². The van der Waals surface area contributed by atoms with Crippen molar-refractivity contribution >= 4 is 0 Å². The van der Waals surface area contributed by atoms with Gasteiger partial charge in [0.2, 0.25) is 0 Å². The summed E-state index contributed by atoms with van der Waals surface area (Å²) in [6.45, 7) is 2.26. The Morgan fingerprint density at radius 3 is 1.92 bits per heavy atom. The maximum absolute atomic E-state index is 2.26. The number of benzene rings is 1. The first-order valence-corrected chi connectivity index (χ1v) is 4.38. The Labute approximate surface area is 75.2 Å². The molecule has 0 N–H and O–H groups in total. The van der Waals surface area contributed by atoms with E-state index in [1.165, 1.54) is 5.56 Å². The smallest absolute Gasteiger partial charge is 0.111 e. The third-order valence-corrected chi connectivity index (χ3v) is 2.44. The first kappa shape index (κ1) is 9.27. The molecule has 0 saturated heterocycles. The molecule has 0 spiro atoms. The van der Waals surface area contributed by atoms with Gasteiger partial charge in [-0.15, -0.1) is 0 Å². The average molecular weight is 164 g/mol. The van der Waals surface area contributed by atoms with Crippen LogP contribution in [0.15, 0.2) is 30.3 Å². The summed E-state index contributed by atoms with van der Waals surface area (Å²) in [5, 5.41) is 0. The van der Waals surface area contributed by atoms with Crippen LogP contribution in [0, 0.1) is 0 Å². The van der Waals surface area contributed by atoms with E-state index in [1.807, 2.05) is 0 Å². The molecule has 0 amide bonds. The SMILES string of the molecule is C[C@H](c1ccccc1)[N+](C)(C)C. The summed E-state index contributed by atoms with van der Waals surface area (Å²) in [5.74, 6) is 0. The molecule has 1 rings (SSSR count). The third-order valence-electron chi connectivity index (χ3n) is 2.44. The van der Waals surface area contributed by atoms with Crippen LogP contribution in [0.25, 0.3) is 0 Å². The summed E-state index contributed by atoms with van der Waals surface area (Å²) in [7, 11) is 6.66. The van der Waals surface area contributed by atoms with E-state index in [4.69, 9.17) is 0 Å². The molecule has 0 bridgehead atoms. The minimum absolute atomic E-state index is 0.561. The Bertz CT molecular complexity index is 233. The summed E-state index contributed by atoms with van der Waals surface area (Å²) in [6, 6.07) is 11.2. The fourth-order valence-electron chi connectivity index (χ4n) is 1.18. The van der Waals surface area contributed by atoms with Crippen molar-refractivity contribution in [1.29, 1.82) is 0 Å². The molecule has 0 aliphatic carbocycles. The molecule has 12 heavy (non-hydrogen) atoms. The lowest BCUT2D eigenvalue weighted by Gasteiger charge is -2.31. The number of hydrogen-bond donors (Lipinski definition) is 0. The fraction of sp³-hybridized carbons (Fsp3) is 0.455. The first-order valence-electron chi connectivity index (χ1n) is 4.38. The van der Waals surface area contributed by atoms with E-state index >= 15 is 0 Å². The molecule has 0 saturated carbocycles. The van der Waals surface area contributed by atoms with Gasteiger partial charge in [-0.2, -0.15) is 0 Å². The number of quaternary nitrogens is 1. The van der Waals surface area contributed by atoms with Gasteiger partial charge in [-0.05, 0) is 6.92 Å². The van der Waals surface area contributed by atoms with Crippen molar-refractivity contribution < 1.29 is 4.48 Å². The van der Waals surface area contributed by atoms with E-state index < -0.39 is 0 Å². The zero-order chi connectivity index (χ0) is 9.19. The lowest BCUT2D eigenvalue weighted by Crippen LogP contribution is -2.37. The Morgan fingerprint density at radius 2 is 1.50 bits per heavy atom. The second kappa shape index (κ2) is 3.28. The van der Waals surface area contributed by atoms with Crippen molar-refractivity contribution in [1.82, 2.24) is 0 Å². The van der Waals surface area contributed by atoms with Crippen molar-refractivity contribution in [3.8, 4) is 0 Å². The van der Waals surface area contributed by atoms with Crippen molar-refractivity contribution in [2.75, 3.05) is 21.1 Å². The van der Waals surface area contributed by atoms with Gasteiger partial charge in [-0.25, -0.2) is 0 Å². The lowest BCUT2D eigenvalue weighted by atomic mass is 10.1. The maximum Gasteiger partial charge on any atom is 0.111 e. The van der Waals surface area contributed by atoms with E-state index in [-0.39, 0.29) is 0 Å². The van der Waals surface area contributed by atoms with Crippen LogP contribution in [-0.4, -0.2) is 25.6 Å². The molecule has 1 atom stereocenters. The highest BCUT2D eigenvalue weighted by Gasteiger charge is 2.19. The van der Waals surface area contributed by atoms with E-state index in [9.17, 15) is 0 Å². The van der Waals surface area contributed by atoms with Gasteiger partial charge in [0.1, 0.15) is 6.04 Å². The molecule has 1 nitrogen and oxygen atoms in total. The summed E-state index contributed by atoms with van der Waals surface area (Å²) in [4.78, 5) is 0. The summed E-state index contributed by atoms with van der Waals surface area (Å²) >= 11 is 0. The highest BCUT2D eigenvalue weighted by Crippen LogP contribution is 2.21. The minimum atomic E-state index is 0.561. The van der Waals surface area contributed by atoms with Crippen LogP contribution in [0.1, 0.15) is 18.5 Å². The predicted molar refractivity (Wildman–Crippen MR) is 52.9 cm³/mol. The van der Waals surface area contributed by atoms with E-state index in [1.54, 1.807) is 0 Å². The van der Waals surface area contributed by atoms with E-state index in [0.29, 0.717) is 6.04 Å². The van der Waals surface area contributed by atoms with Crippen LogP contribution < -0.4 is 0 Å². The van der Waals surface area contributed by atoms with Gasteiger partial charge in [0, 0.05) is 5.56 Å². The zero-order valence-electron chi connectivity index (χ0n) is 8.41. The Hall–Kier alpha value is -0.820. The molecule has 0 radical (unpaired) electrons. The Morgan fingerprint density at radius 1 is 1.00 bits per heavy atom. The van der Waals surface area contributed by atoms with Crippen LogP contribution >= 0.6 is 0 Å². The van der Waals surface area contributed by atoms with Crippen LogP contribution in [0.2, 0.25) is 0 Å². The van der Waals surface area contributed by atoms with Crippen LogP contribution in [0.3, 0.4) is 0 Å². The van der Waals surface area contributed by atoms with Gasteiger partial charge >= 0.3 is 0 Å². The van der Waals surface area contributed by atoms with Crippen molar-refractivity contribution in [2.24, 2.45) is 0 Å². The monoisotopic (exact) mass is 164 g/mol. The normalized spacial score (nSPS) is 14.3. The third kappa shape index (κ3) is 2.08. The fourth-order valence-corrected chi connectivity index (χ4v) is 1.18. The van der Waals surface area contributed by atoms with Gasteiger partial charge in [-0.3, -0.25) is 0 Å². The second-order valence-corrected chi connectivity index (χ2v) is 4.20. The summed E-state index contributed by atoms with van der Waals surface area (Å²) < 4.78 is 0.976. The zero-order valence-corrected chi connectivity index (χ0v) is 8.41. The molecular formula is C11H18N+. The van der Waals surface area contributed by atoms with Gasteiger partial charge in [0.25, 0.3) is 0 Å².